The molecule has 1 aromatic rings. The van der Waals surface area contributed by atoms with Gasteiger partial charge in [0.05, 0.1) is 11.3 Å². The number of nitrogens with zero attached hydrogens (tertiary/aromatic N) is 3. The number of nitrogens with one attached hydrogen (secondary N) is 1. The summed E-state index contributed by atoms with van der Waals surface area (Å²) in [5.74, 6) is 1.01. The molecule has 0 aliphatic carbocycles. The van der Waals surface area contributed by atoms with Crippen LogP contribution in [-0.4, -0.2) is 47.0 Å². The van der Waals surface area contributed by atoms with Crippen molar-refractivity contribution in [2.75, 3.05) is 20.1 Å². The monoisotopic (exact) mass is 276 g/mol. The molecule has 0 aromatic carbocycles. The maximum absolute atomic E-state index is 12.7. The van der Waals surface area contributed by atoms with Crippen LogP contribution < -0.4 is 5.32 Å². The van der Waals surface area contributed by atoms with E-state index in [2.05, 4.69) is 29.1 Å². The highest BCUT2D eigenvalue weighted by atomic mass is 16.2. The highest BCUT2D eigenvalue weighted by molar-refractivity contribution is 5.95. The Hall–Kier alpha value is -1.49. The van der Waals surface area contributed by atoms with Crippen molar-refractivity contribution in [2.45, 2.75) is 45.6 Å². The third-order valence-corrected chi connectivity index (χ3v) is 3.83. The van der Waals surface area contributed by atoms with E-state index in [4.69, 9.17) is 0 Å². The van der Waals surface area contributed by atoms with Gasteiger partial charge in [-0.1, -0.05) is 13.8 Å². The zero-order valence-corrected chi connectivity index (χ0v) is 12.8. The van der Waals surface area contributed by atoms with Crippen LogP contribution in [0.25, 0.3) is 0 Å². The van der Waals surface area contributed by atoms with Crippen LogP contribution in [0, 0.1) is 6.92 Å². The third-order valence-electron chi connectivity index (χ3n) is 3.83. The van der Waals surface area contributed by atoms with E-state index in [0.29, 0.717) is 11.6 Å². The zero-order valence-electron chi connectivity index (χ0n) is 12.8. The SMILES string of the molecule is CNC1CCCN(C(=O)c2cnc(C)nc2C(C)C)C1. The van der Waals surface area contributed by atoms with E-state index < -0.39 is 0 Å². The van der Waals surface area contributed by atoms with Crippen molar-refractivity contribution >= 4 is 5.91 Å². The fraction of sp³-hybridized carbons (Fsp3) is 0.667. The Labute approximate surface area is 120 Å². The molecule has 1 saturated heterocycles. The molecule has 2 heterocycles. The maximum atomic E-state index is 12.7. The summed E-state index contributed by atoms with van der Waals surface area (Å²) in [5, 5.41) is 3.26. The topological polar surface area (TPSA) is 58.1 Å². The number of hydrogen-bond acceptors (Lipinski definition) is 4. The molecule has 1 amide bonds. The number of rotatable bonds is 3. The second-order valence-corrected chi connectivity index (χ2v) is 5.75. The van der Waals surface area contributed by atoms with E-state index in [9.17, 15) is 4.79 Å². The third kappa shape index (κ3) is 3.15. The van der Waals surface area contributed by atoms with Crippen molar-refractivity contribution in [3.05, 3.63) is 23.3 Å². The van der Waals surface area contributed by atoms with Crippen molar-refractivity contribution < 1.29 is 4.79 Å². The van der Waals surface area contributed by atoms with E-state index in [1.54, 1.807) is 6.20 Å². The van der Waals surface area contributed by atoms with E-state index in [-0.39, 0.29) is 11.8 Å². The average Bonchev–Trinajstić information content (AvgIpc) is 2.46. The van der Waals surface area contributed by atoms with Crippen LogP contribution >= 0.6 is 0 Å². The Balaban J connectivity index is 2.24. The minimum atomic E-state index is 0.0636. The number of piperidine rings is 1. The van der Waals surface area contributed by atoms with Gasteiger partial charge in [0.2, 0.25) is 0 Å². The van der Waals surface area contributed by atoms with Crippen molar-refractivity contribution in [1.82, 2.24) is 20.2 Å². The van der Waals surface area contributed by atoms with E-state index in [1.807, 2.05) is 18.9 Å². The van der Waals surface area contributed by atoms with Gasteiger partial charge >= 0.3 is 0 Å². The number of aryl methyl sites for hydroxylation is 1. The minimum absolute atomic E-state index is 0.0636. The second-order valence-electron chi connectivity index (χ2n) is 5.75. The predicted molar refractivity (Wildman–Crippen MR) is 78.8 cm³/mol. The highest BCUT2D eigenvalue weighted by Gasteiger charge is 2.26. The van der Waals surface area contributed by atoms with Crippen molar-refractivity contribution in [3.63, 3.8) is 0 Å². The molecule has 5 nitrogen and oxygen atoms in total. The fourth-order valence-electron chi connectivity index (χ4n) is 2.66. The molecule has 2 rings (SSSR count). The number of likely N-dealkylation sites (N-methyl/N-ethyl adjacent to an activating group) is 1. The molecule has 1 unspecified atom stereocenters. The average molecular weight is 276 g/mol. The number of likely N-dealkylation sites (tertiary alicyclic amines) is 1. The van der Waals surface area contributed by atoms with Crippen LogP contribution in [0.5, 0.6) is 0 Å². The molecule has 0 spiro atoms. The largest absolute Gasteiger partial charge is 0.337 e. The quantitative estimate of drug-likeness (QED) is 0.913. The van der Waals surface area contributed by atoms with Gasteiger partial charge in [-0.3, -0.25) is 4.79 Å². The first-order valence-corrected chi connectivity index (χ1v) is 7.33. The molecular weight excluding hydrogens is 252 g/mol. The summed E-state index contributed by atoms with van der Waals surface area (Å²) in [7, 11) is 1.95. The summed E-state index contributed by atoms with van der Waals surface area (Å²) in [6, 6.07) is 0.390. The normalized spacial score (nSPS) is 19.4. The summed E-state index contributed by atoms with van der Waals surface area (Å²) in [4.78, 5) is 23.3. The van der Waals surface area contributed by atoms with Gasteiger partial charge in [-0.25, -0.2) is 9.97 Å². The Morgan fingerprint density at radius 2 is 2.25 bits per heavy atom. The van der Waals surface area contributed by atoms with Gasteiger partial charge in [-0.15, -0.1) is 0 Å². The summed E-state index contributed by atoms with van der Waals surface area (Å²) in [6.07, 6.45) is 3.85. The number of carbonyl (C=O) groups excluding carboxylic acids is 1. The Morgan fingerprint density at radius 1 is 1.50 bits per heavy atom. The van der Waals surface area contributed by atoms with E-state index in [0.717, 1.165) is 37.4 Å². The lowest BCUT2D eigenvalue weighted by Crippen LogP contribution is -2.47. The van der Waals surface area contributed by atoms with Gasteiger partial charge < -0.3 is 10.2 Å². The Morgan fingerprint density at radius 3 is 2.90 bits per heavy atom. The molecular formula is C15H24N4O. The van der Waals surface area contributed by atoms with Crippen molar-refractivity contribution in [1.29, 1.82) is 0 Å². The summed E-state index contributed by atoms with van der Waals surface area (Å²) in [6.45, 7) is 7.57. The first-order chi connectivity index (χ1) is 9.52. The zero-order chi connectivity index (χ0) is 14.7. The van der Waals surface area contributed by atoms with Crippen LogP contribution in [0.1, 0.15) is 54.5 Å². The molecule has 5 heteroatoms. The van der Waals surface area contributed by atoms with E-state index >= 15 is 0 Å². The molecule has 1 N–H and O–H groups in total. The molecule has 1 aliphatic rings. The standard InChI is InChI=1S/C15H24N4O/c1-10(2)14-13(8-17-11(3)18-14)15(20)19-7-5-6-12(9-19)16-4/h8,10,12,16H,5-7,9H2,1-4H3. The van der Waals surface area contributed by atoms with Gasteiger partial charge in [0.25, 0.3) is 5.91 Å². The molecule has 0 bridgehead atoms. The van der Waals surface area contributed by atoms with E-state index in [1.165, 1.54) is 0 Å². The van der Waals surface area contributed by atoms with Gasteiger partial charge in [-0.05, 0) is 32.7 Å². The molecule has 1 aromatic heterocycles. The number of amides is 1. The maximum Gasteiger partial charge on any atom is 0.257 e. The molecule has 0 radical (unpaired) electrons. The van der Waals surface area contributed by atoms with Gasteiger partial charge in [0.1, 0.15) is 5.82 Å². The van der Waals surface area contributed by atoms with Crippen LogP contribution in [-0.2, 0) is 0 Å². The van der Waals surface area contributed by atoms with Crippen molar-refractivity contribution in [2.24, 2.45) is 0 Å². The molecule has 110 valence electrons. The van der Waals surface area contributed by atoms with Crippen molar-refractivity contribution in [3.8, 4) is 0 Å². The van der Waals surface area contributed by atoms with Crippen LogP contribution in [0.3, 0.4) is 0 Å². The summed E-state index contributed by atoms with van der Waals surface area (Å²) < 4.78 is 0. The van der Waals surface area contributed by atoms with Crippen LogP contribution in [0.2, 0.25) is 0 Å². The number of carbonyl (C=O) groups is 1. The minimum Gasteiger partial charge on any atom is -0.337 e. The van der Waals surface area contributed by atoms with Gasteiger partial charge in [-0.2, -0.15) is 0 Å². The first kappa shape index (κ1) is 14.9. The lowest BCUT2D eigenvalue weighted by atomic mass is 10.0. The van der Waals surface area contributed by atoms with Crippen LogP contribution in [0.4, 0.5) is 0 Å². The van der Waals surface area contributed by atoms with Gasteiger partial charge in [0, 0.05) is 25.3 Å². The number of hydrogen-bond donors (Lipinski definition) is 1. The lowest BCUT2D eigenvalue weighted by molar-refractivity contribution is 0.0695. The molecule has 20 heavy (non-hydrogen) atoms. The molecule has 1 fully saturated rings. The van der Waals surface area contributed by atoms with Crippen LogP contribution in [0.15, 0.2) is 6.20 Å². The molecule has 0 saturated carbocycles. The lowest BCUT2D eigenvalue weighted by Gasteiger charge is -2.33. The highest BCUT2D eigenvalue weighted by Crippen LogP contribution is 2.20. The number of aromatic nitrogens is 2. The summed E-state index contributed by atoms with van der Waals surface area (Å²) in [5.41, 5.74) is 1.51. The van der Waals surface area contributed by atoms with Gasteiger partial charge in [0.15, 0.2) is 0 Å². The first-order valence-electron chi connectivity index (χ1n) is 7.33. The smallest absolute Gasteiger partial charge is 0.257 e. The molecule has 1 aliphatic heterocycles. The summed E-state index contributed by atoms with van der Waals surface area (Å²) >= 11 is 0. The Kier molecular flexibility index (Phi) is 4.70. The molecule has 1 atom stereocenters. The second kappa shape index (κ2) is 6.31. The Bertz CT molecular complexity index is 487. The fourth-order valence-corrected chi connectivity index (χ4v) is 2.66. The predicted octanol–water partition coefficient (Wildman–Crippen LogP) is 1.73.